The molecule has 0 atom stereocenters. The van der Waals surface area contributed by atoms with Crippen LogP contribution in [0.25, 0.3) is 0 Å². The number of carboxylic acid groups (broad SMARTS) is 1. The number of rotatable bonds is 4. The molecule has 2 aromatic rings. The van der Waals surface area contributed by atoms with Crippen molar-refractivity contribution in [1.82, 2.24) is 0 Å². The van der Waals surface area contributed by atoms with Gasteiger partial charge in [-0.05, 0) is 42.8 Å². The van der Waals surface area contributed by atoms with Crippen LogP contribution in [-0.2, 0) is 6.54 Å². The predicted molar refractivity (Wildman–Crippen MR) is 79.6 cm³/mol. The third kappa shape index (κ3) is 3.28. The van der Waals surface area contributed by atoms with E-state index in [1.165, 1.54) is 4.88 Å². The van der Waals surface area contributed by atoms with Gasteiger partial charge in [-0.15, -0.1) is 11.3 Å². The molecule has 19 heavy (non-hydrogen) atoms. The van der Waals surface area contributed by atoms with E-state index in [1.807, 2.05) is 32.2 Å². The fraction of sp³-hybridized carbons (Fsp3) is 0.214. The van der Waals surface area contributed by atoms with Crippen LogP contribution in [0.5, 0.6) is 0 Å². The van der Waals surface area contributed by atoms with Gasteiger partial charge in [0.25, 0.3) is 0 Å². The summed E-state index contributed by atoms with van der Waals surface area (Å²) in [4.78, 5) is 14.2. The number of hydrogen-bond acceptors (Lipinski definition) is 3. The molecule has 0 saturated carbocycles. The molecule has 0 amide bonds. The fourth-order valence-corrected chi connectivity index (χ4v) is 3.11. The molecule has 0 aliphatic heterocycles. The molecule has 3 nitrogen and oxygen atoms in total. The minimum atomic E-state index is -0.901. The van der Waals surface area contributed by atoms with Crippen molar-refractivity contribution in [3.05, 3.63) is 50.7 Å². The van der Waals surface area contributed by atoms with Crippen LogP contribution in [0.4, 0.5) is 5.69 Å². The molecule has 1 aromatic heterocycles. The number of benzene rings is 1. The predicted octanol–water partition coefficient (Wildman–Crippen LogP) is 4.04. The Hall–Kier alpha value is -1.52. The molecule has 1 aromatic carbocycles. The number of halogens is 1. The van der Waals surface area contributed by atoms with E-state index < -0.39 is 5.97 Å². The van der Waals surface area contributed by atoms with E-state index in [2.05, 4.69) is 4.90 Å². The van der Waals surface area contributed by atoms with Crippen LogP contribution in [0.2, 0.25) is 4.34 Å². The number of carbonyl (C=O) groups is 1. The molecule has 0 radical (unpaired) electrons. The van der Waals surface area contributed by atoms with Crippen LogP contribution >= 0.6 is 22.9 Å². The Balaban J connectivity index is 2.19. The molecule has 0 unspecified atom stereocenters. The van der Waals surface area contributed by atoms with Crippen molar-refractivity contribution >= 4 is 34.6 Å². The van der Waals surface area contributed by atoms with Gasteiger partial charge in [0.15, 0.2) is 0 Å². The molecule has 100 valence electrons. The van der Waals surface area contributed by atoms with Crippen molar-refractivity contribution < 1.29 is 9.90 Å². The zero-order valence-electron chi connectivity index (χ0n) is 10.7. The third-order valence-electron chi connectivity index (χ3n) is 2.88. The van der Waals surface area contributed by atoms with E-state index >= 15 is 0 Å². The summed E-state index contributed by atoms with van der Waals surface area (Å²) in [6, 6.07) is 9.05. The molecule has 0 saturated heterocycles. The highest BCUT2D eigenvalue weighted by molar-refractivity contribution is 7.16. The van der Waals surface area contributed by atoms with E-state index in [0.29, 0.717) is 5.56 Å². The first-order valence-corrected chi connectivity index (χ1v) is 6.96. The van der Waals surface area contributed by atoms with Gasteiger partial charge >= 0.3 is 5.97 Å². The summed E-state index contributed by atoms with van der Waals surface area (Å²) < 4.78 is 0.779. The summed E-state index contributed by atoms with van der Waals surface area (Å²) >= 11 is 7.47. The van der Waals surface area contributed by atoms with Crippen LogP contribution in [0.1, 0.15) is 20.8 Å². The van der Waals surface area contributed by atoms with E-state index in [0.717, 1.165) is 22.1 Å². The van der Waals surface area contributed by atoms with Crippen LogP contribution in [0, 0.1) is 6.92 Å². The van der Waals surface area contributed by atoms with Gasteiger partial charge in [0.2, 0.25) is 0 Å². The van der Waals surface area contributed by atoms with Gasteiger partial charge in [-0.1, -0.05) is 11.6 Å². The van der Waals surface area contributed by atoms with E-state index in [4.69, 9.17) is 16.7 Å². The smallest absolute Gasteiger partial charge is 0.335 e. The Morgan fingerprint density at radius 1 is 1.37 bits per heavy atom. The molecule has 0 fully saturated rings. The average molecular weight is 296 g/mol. The van der Waals surface area contributed by atoms with Crippen molar-refractivity contribution in [3.8, 4) is 0 Å². The first kappa shape index (κ1) is 13.9. The molecule has 2 rings (SSSR count). The Morgan fingerprint density at radius 3 is 2.63 bits per heavy atom. The van der Waals surface area contributed by atoms with Crippen LogP contribution in [0.15, 0.2) is 30.3 Å². The zero-order valence-corrected chi connectivity index (χ0v) is 12.3. The van der Waals surface area contributed by atoms with Gasteiger partial charge in [0.05, 0.1) is 16.4 Å². The maximum Gasteiger partial charge on any atom is 0.335 e. The SMILES string of the molecule is Cc1cc(C(=O)O)ccc1N(C)Cc1ccc(Cl)s1. The second-order valence-electron chi connectivity index (χ2n) is 4.37. The highest BCUT2D eigenvalue weighted by Crippen LogP contribution is 2.26. The molecule has 5 heteroatoms. The lowest BCUT2D eigenvalue weighted by Gasteiger charge is -2.21. The zero-order chi connectivity index (χ0) is 14.0. The second-order valence-corrected chi connectivity index (χ2v) is 6.17. The first-order chi connectivity index (χ1) is 8.97. The number of aromatic carboxylic acids is 1. The van der Waals surface area contributed by atoms with Gasteiger partial charge in [-0.25, -0.2) is 4.79 Å². The lowest BCUT2D eigenvalue weighted by Crippen LogP contribution is -2.17. The largest absolute Gasteiger partial charge is 0.478 e. The summed E-state index contributed by atoms with van der Waals surface area (Å²) in [7, 11) is 1.98. The standard InChI is InChI=1S/C14H14ClNO2S/c1-9-7-10(14(17)18)3-5-12(9)16(2)8-11-4-6-13(15)19-11/h3-7H,8H2,1-2H3,(H,17,18). The van der Waals surface area contributed by atoms with Gasteiger partial charge < -0.3 is 10.0 Å². The molecular formula is C14H14ClNO2S. The quantitative estimate of drug-likeness (QED) is 0.925. The van der Waals surface area contributed by atoms with E-state index in [9.17, 15) is 4.79 Å². The van der Waals surface area contributed by atoms with Crippen LogP contribution in [-0.4, -0.2) is 18.1 Å². The number of thiophene rings is 1. The van der Waals surface area contributed by atoms with Gasteiger partial charge in [-0.3, -0.25) is 0 Å². The maximum atomic E-state index is 10.9. The first-order valence-electron chi connectivity index (χ1n) is 5.76. The van der Waals surface area contributed by atoms with Crippen LogP contribution in [0.3, 0.4) is 0 Å². The number of anilines is 1. The normalized spacial score (nSPS) is 10.5. The number of carboxylic acids is 1. The highest BCUT2D eigenvalue weighted by Gasteiger charge is 2.10. The Morgan fingerprint density at radius 2 is 2.11 bits per heavy atom. The molecule has 0 aliphatic carbocycles. The van der Waals surface area contributed by atoms with Gasteiger partial charge in [-0.2, -0.15) is 0 Å². The molecular weight excluding hydrogens is 282 g/mol. The number of nitrogens with zero attached hydrogens (tertiary/aromatic N) is 1. The number of hydrogen-bond donors (Lipinski definition) is 1. The molecule has 0 aliphatic rings. The van der Waals surface area contributed by atoms with Crippen molar-refractivity contribution in [1.29, 1.82) is 0 Å². The Bertz CT molecular complexity index is 609. The van der Waals surface area contributed by atoms with Crippen LogP contribution < -0.4 is 4.90 Å². The van der Waals surface area contributed by atoms with Gasteiger partial charge in [0, 0.05) is 17.6 Å². The second kappa shape index (κ2) is 5.63. The van der Waals surface area contributed by atoms with Crippen molar-refractivity contribution in [2.45, 2.75) is 13.5 Å². The maximum absolute atomic E-state index is 10.9. The average Bonchev–Trinajstić information content (AvgIpc) is 2.74. The summed E-state index contributed by atoms with van der Waals surface area (Å²) in [6.07, 6.45) is 0. The molecule has 0 bridgehead atoms. The van der Waals surface area contributed by atoms with Crippen molar-refractivity contribution in [2.24, 2.45) is 0 Å². The minimum Gasteiger partial charge on any atom is -0.478 e. The fourth-order valence-electron chi connectivity index (χ4n) is 1.97. The van der Waals surface area contributed by atoms with Gasteiger partial charge in [0.1, 0.15) is 0 Å². The Kier molecular flexibility index (Phi) is 4.12. The van der Waals surface area contributed by atoms with Crippen molar-refractivity contribution in [3.63, 3.8) is 0 Å². The molecule has 0 spiro atoms. The summed E-state index contributed by atoms with van der Waals surface area (Å²) in [5, 5.41) is 8.95. The molecule has 1 heterocycles. The minimum absolute atomic E-state index is 0.314. The summed E-state index contributed by atoms with van der Waals surface area (Å²) in [5.74, 6) is -0.901. The third-order valence-corrected chi connectivity index (χ3v) is 4.09. The Labute approximate surface area is 121 Å². The van der Waals surface area contributed by atoms with E-state index in [-0.39, 0.29) is 0 Å². The van der Waals surface area contributed by atoms with Crippen molar-refractivity contribution in [2.75, 3.05) is 11.9 Å². The van der Waals surface area contributed by atoms with E-state index in [1.54, 1.807) is 23.5 Å². The summed E-state index contributed by atoms with van der Waals surface area (Å²) in [6.45, 7) is 2.67. The molecule has 1 N–H and O–H groups in total. The topological polar surface area (TPSA) is 40.5 Å². The summed E-state index contributed by atoms with van der Waals surface area (Å²) in [5.41, 5.74) is 2.29. The monoisotopic (exact) mass is 295 g/mol. The number of aryl methyl sites for hydroxylation is 1. The lowest BCUT2D eigenvalue weighted by atomic mass is 10.1. The highest BCUT2D eigenvalue weighted by atomic mass is 35.5. The lowest BCUT2D eigenvalue weighted by molar-refractivity contribution is 0.0697.